The lowest BCUT2D eigenvalue weighted by atomic mass is 10.1. The van der Waals surface area contributed by atoms with Gasteiger partial charge in [0.25, 0.3) is 0 Å². The average molecular weight is 249 g/mol. The highest BCUT2D eigenvalue weighted by Crippen LogP contribution is 2.14. The van der Waals surface area contributed by atoms with E-state index in [-0.39, 0.29) is 18.5 Å². The molecule has 1 atom stereocenters. The van der Waals surface area contributed by atoms with Crippen LogP contribution in [-0.4, -0.2) is 26.5 Å². The molecule has 0 heterocycles. The SMILES string of the molecule is CS(=O)(=O)C(CN)Cc1ccc(F)cc1F. The summed E-state index contributed by atoms with van der Waals surface area (Å²) < 4.78 is 48.4. The summed E-state index contributed by atoms with van der Waals surface area (Å²) in [5.41, 5.74) is 5.47. The quantitative estimate of drug-likeness (QED) is 0.861. The highest BCUT2D eigenvalue weighted by atomic mass is 32.2. The van der Waals surface area contributed by atoms with Gasteiger partial charge in [-0.15, -0.1) is 0 Å². The van der Waals surface area contributed by atoms with E-state index in [4.69, 9.17) is 5.73 Å². The van der Waals surface area contributed by atoms with E-state index >= 15 is 0 Å². The molecular formula is C10H13F2NO2S. The maximum absolute atomic E-state index is 13.3. The standard InChI is InChI=1S/C10H13F2NO2S/c1-16(14,15)9(6-13)4-7-2-3-8(11)5-10(7)12/h2-3,5,9H,4,6,13H2,1H3. The number of hydrogen-bond donors (Lipinski definition) is 1. The third-order valence-corrected chi connectivity index (χ3v) is 3.90. The van der Waals surface area contributed by atoms with Gasteiger partial charge in [-0.25, -0.2) is 17.2 Å². The van der Waals surface area contributed by atoms with Gasteiger partial charge in [-0.05, 0) is 18.1 Å². The molecule has 0 fully saturated rings. The molecule has 16 heavy (non-hydrogen) atoms. The molecule has 90 valence electrons. The monoisotopic (exact) mass is 249 g/mol. The Morgan fingerprint density at radius 2 is 2.00 bits per heavy atom. The molecule has 0 radical (unpaired) electrons. The number of halogens is 2. The lowest BCUT2D eigenvalue weighted by molar-refractivity contribution is 0.562. The van der Waals surface area contributed by atoms with Crippen molar-refractivity contribution in [3.05, 3.63) is 35.4 Å². The van der Waals surface area contributed by atoms with E-state index in [1.165, 1.54) is 6.07 Å². The first-order valence-corrected chi connectivity index (χ1v) is 6.63. The second kappa shape index (κ2) is 4.88. The summed E-state index contributed by atoms with van der Waals surface area (Å²) in [6, 6.07) is 3.05. The van der Waals surface area contributed by atoms with Crippen LogP contribution in [0.5, 0.6) is 0 Å². The van der Waals surface area contributed by atoms with E-state index in [0.717, 1.165) is 18.4 Å². The second-order valence-corrected chi connectivity index (χ2v) is 5.95. The van der Waals surface area contributed by atoms with Gasteiger partial charge in [-0.3, -0.25) is 0 Å². The zero-order chi connectivity index (χ0) is 12.3. The molecule has 0 aliphatic rings. The van der Waals surface area contributed by atoms with Gasteiger partial charge in [0.05, 0.1) is 5.25 Å². The van der Waals surface area contributed by atoms with E-state index in [1.54, 1.807) is 0 Å². The molecule has 1 aromatic rings. The number of hydrogen-bond acceptors (Lipinski definition) is 3. The van der Waals surface area contributed by atoms with Crippen LogP contribution in [0.2, 0.25) is 0 Å². The van der Waals surface area contributed by atoms with Gasteiger partial charge in [0, 0.05) is 18.9 Å². The summed E-state index contributed by atoms with van der Waals surface area (Å²) >= 11 is 0. The fraction of sp³-hybridized carbons (Fsp3) is 0.400. The Morgan fingerprint density at radius 3 is 2.44 bits per heavy atom. The van der Waals surface area contributed by atoms with Gasteiger partial charge in [-0.2, -0.15) is 0 Å². The molecule has 6 heteroatoms. The molecule has 1 unspecified atom stereocenters. The smallest absolute Gasteiger partial charge is 0.151 e. The number of benzene rings is 1. The molecule has 0 aromatic heterocycles. The second-order valence-electron chi connectivity index (χ2n) is 3.63. The molecule has 0 spiro atoms. The van der Waals surface area contributed by atoms with E-state index < -0.39 is 26.7 Å². The molecule has 0 saturated carbocycles. The van der Waals surface area contributed by atoms with Crippen LogP contribution in [0.15, 0.2) is 18.2 Å². The van der Waals surface area contributed by atoms with Gasteiger partial charge in [-0.1, -0.05) is 6.07 Å². The Morgan fingerprint density at radius 1 is 1.38 bits per heavy atom. The van der Waals surface area contributed by atoms with Crippen LogP contribution >= 0.6 is 0 Å². The van der Waals surface area contributed by atoms with Crippen molar-refractivity contribution >= 4 is 9.84 Å². The molecule has 1 rings (SSSR count). The predicted molar refractivity (Wildman–Crippen MR) is 57.7 cm³/mol. The number of sulfone groups is 1. The zero-order valence-electron chi connectivity index (χ0n) is 8.78. The van der Waals surface area contributed by atoms with Crippen molar-refractivity contribution in [2.45, 2.75) is 11.7 Å². The van der Waals surface area contributed by atoms with Crippen LogP contribution in [0.25, 0.3) is 0 Å². The van der Waals surface area contributed by atoms with Crippen molar-refractivity contribution in [2.24, 2.45) is 5.73 Å². The fourth-order valence-electron chi connectivity index (χ4n) is 1.34. The van der Waals surface area contributed by atoms with Crippen molar-refractivity contribution in [2.75, 3.05) is 12.8 Å². The zero-order valence-corrected chi connectivity index (χ0v) is 9.60. The average Bonchev–Trinajstić information content (AvgIpc) is 2.14. The Labute approximate surface area is 93.2 Å². The van der Waals surface area contributed by atoms with Gasteiger partial charge in [0.15, 0.2) is 9.84 Å². The number of nitrogens with two attached hydrogens (primary N) is 1. The van der Waals surface area contributed by atoms with Crippen molar-refractivity contribution in [3.8, 4) is 0 Å². The molecule has 0 amide bonds. The minimum absolute atomic E-state index is 0.0402. The molecule has 1 aromatic carbocycles. The van der Waals surface area contributed by atoms with Crippen LogP contribution in [-0.2, 0) is 16.3 Å². The van der Waals surface area contributed by atoms with E-state index in [9.17, 15) is 17.2 Å². The normalized spacial score (nSPS) is 13.8. The molecule has 0 aliphatic heterocycles. The minimum Gasteiger partial charge on any atom is -0.329 e. The first-order valence-electron chi connectivity index (χ1n) is 4.67. The summed E-state index contributed by atoms with van der Waals surface area (Å²) in [4.78, 5) is 0. The third-order valence-electron chi connectivity index (χ3n) is 2.33. The summed E-state index contributed by atoms with van der Waals surface area (Å²) in [5, 5.41) is -0.840. The fourth-order valence-corrected chi connectivity index (χ4v) is 2.17. The van der Waals surface area contributed by atoms with Crippen molar-refractivity contribution < 1.29 is 17.2 Å². The van der Waals surface area contributed by atoms with Gasteiger partial charge < -0.3 is 5.73 Å². The van der Waals surface area contributed by atoms with Crippen LogP contribution in [0.3, 0.4) is 0 Å². The largest absolute Gasteiger partial charge is 0.329 e. The van der Waals surface area contributed by atoms with Crippen molar-refractivity contribution in [3.63, 3.8) is 0 Å². The Bertz CT molecular complexity index is 474. The van der Waals surface area contributed by atoms with Crippen LogP contribution in [0.4, 0.5) is 8.78 Å². The number of rotatable bonds is 4. The Hall–Kier alpha value is -1.01. The lowest BCUT2D eigenvalue weighted by Crippen LogP contribution is -2.31. The maximum atomic E-state index is 13.3. The summed E-state index contributed by atoms with van der Waals surface area (Å²) in [5.74, 6) is -1.44. The minimum atomic E-state index is -3.33. The van der Waals surface area contributed by atoms with E-state index in [2.05, 4.69) is 0 Å². The highest BCUT2D eigenvalue weighted by Gasteiger charge is 2.20. The highest BCUT2D eigenvalue weighted by molar-refractivity contribution is 7.91. The van der Waals surface area contributed by atoms with Crippen LogP contribution < -0.4 is 5.73 Å². The molecule has 0 aliphatic carbocycles. The summed E-state index contributed by atoms with van der Waals surface area (Å²) in [6.07, 6.45) is 1.01. The summed E-state index contributed by atoms with van der Waals surface area (Å²) in [6.45, 7) is -0.0876. The first-order chi connectivity index (χ1) is 7.34. The van der Waals surface area contributed by atoms with Gasteiger partial charge in [0.2, 0.25) is 0 Å². The third kappa shape index (κ3) is 3.24. The maximum Gasteiger partial charge on any atom is 0.151 e. The Balaban J connectivity index is 2.95. The van der Waals surface area contributed by atoms with Gasteiger partial charge >= 0.3 is 0 Å². The molecular weight excluding hydrogens is 236 g/mol. The van der Waals surface area contributed by atoms with Crippen LogP contribution in [0, 0.1) is 11.6 Å². The predicted octanol–water partition coefficient (Wildman–Crippen LogP) is 0.879. The first kappa shape index (κ1) is 13.1. The molecule has 2 N–H and O–H groups in total. The molecule has 3 nitrogen and oxygen atoms in total. The lowest BCUT2D eigenvalue weighted by Gasteiger charge is -2.13. The topological polar surface area (TPSA) is 60.2 Å². The van der Waals surface area contributed by atoms with Crippen LogP contribution in [0.1, 0.15) is 5.56 Å². The van der Waals surface area contributed by atoms with Crippen molar-refractivity contribution in [1.29, 1.82) is 0 Å². The van der Waals surface area contributed by atoms with Gasteiger partial charge in [0.1, 0.15) is 11.6 Å². The van der Waals surface area contributed by atoms with E-state index in [1.807, 2.05) is 0 Å². The van der Waals surface area contributed by atoms with E-state index in [0.29, 0.717) is 0 Å². The molecule has 0 saturated heterocycles. The molecule has 0 bridgehead atoms. The summed E-state index contributed by atoms with van der Waals surface area (Å²) in [7, 11) is -3.33. The van der Waals surface area contributed by atoms with Crippen molar-refractivity contribution in [1.82, 2.24) is 0 Å². The Kier molecular flexibility index (Phi) is 3.98.